The van der Waals surface area contributed by atoms with Gasteiger partial charge in [-0.15, -0.1) is 0 Å². The summed E-state index contributed by atoms with van der Waals surface area (Å²) in [5.41, 5.74) is -0.777. The lowest BCUT2D eigenvalue weighted by Crippen LogP contribution is -2.41. The highest BCUT2D eigenvalue weighted by molar-refractivity contribution is 5.91. The third-order valence-electron chi connectivity index (χ3n) is 3.53. The average Bonchev–Trinajstić information content (AvgIpc) is 2.78. The molecule has 1 amide bonds. The van der Waals surface area contributed by atoms with Crippen molar-refractivity contribution in [2.45, 2.75) is 33.4 Å². The van der Waals surface area contributed by atoms with Crippen LogP contribution in [0.3, 0.4) is 0 Å². The average molecular weight is 281 g/mol. The van der Waals surface area contributed by atoms with Gasteiger partial charge in [-0.25, -0.2) is 0 Å². The number of carboxylic acid groups (broad SMARTS) is 1. The highest BCUT2D eigenvalue weighted by Crippen LogP contribution is 2.59. The zero-order chi connectivity index (χ0) is 15.0. The Kier molecular flexibility index (Phi) is 4.17. The second kappa shape index (κ2) is 5.02. The summed E-state index contributed by atoms with van der Waals surface area (Å²) in [6, 6.07) is 0. The molecule has 0 saturated heterocycles. The highest BCUT2D eigenvalue weighted by Gasteiger charge is 2.66. The molecule has 0 spiro atoms. The van der Waals surface area contributed by atoms with Gasteiger partial charge in [-0.05, 0) is 11.8 Å². The van der Waals surface area contributed by atoms with Crippen molar-refractivity contribution in [1.29, 1.82) is 0 Å². The largest absolute Gasteiger partial charge is 0.481 e. The molecule has 19 heavy (non-hydrogen) atoms. The molecule has 0 heterocycles. The molecule has 0 bridgehead atoms. The van der Waals surface area contributed by atoms with Crippen molar-refractivity contribution < 1.29 is 27.9 Å². The molecule has 0 aliphatic heterocycles. The topological polar surface area (TPSA) is 57.6 Å². The maximum Gasteiger partial charge on any atom is 0.406 e. The van der Waals surface area contributed by atoms with Crippen LogP contribution < -0.4 is 0 Å². The molecule has 2 atom stereocenters. The second-order valence-electron chi connectivity index (χ2n) is 5.49. The van der Waals surface area contributed by atoms with E-state index < -0.39 is 41.8 Å². The van der Waals surface area contributed by atoms with E-state index in [9.17, 15) is 22.8 Å². The number of carbonyl (C=O) groups is 2. The first-order valence-electron chi connectivity index (χ1n) is 6.10. The van der Waals surface area contributed by atoms with E-state index in [2.05, 4.69) is 0 Å². The van der Waals surface area contributed by atoms with Gasteiger partial charge in [0.2, 0.25) is 5.91 Å². The molecule has 0 aromatic rings. The van der Waals surface area contributed by atoms with Crippen LogP contribution >= 0.6 is 0 Å². The fourth-order valence-corrected chi connectivity index (χ4v) is 2.51. The van der Waals surface area contributed by atoms with Gasteiger partial charge in [-0.1, -0.05) is 20.8 Å². The van der Waals surface area contributed by atoms with Crippen molar-refractivity contribution in [2.75, 3.05) is 13.1 Å². The van der Waals surface area contributed by atoms with E-state index in [1.807, 2.05) is 0 Å². The Bertz CT molecular complexity index is 379. The zero-order valence-corrected chi connectivity index (χ0v) is 11.1. The SMILES string of the molecule is CCCN(CC(F)(F)F)C(=O)[C@H]1[C@@H](C(=O)O)C1(C)C. The first kappa shape index (κ1) is 15.8. The minimum absolute atomic E-state index is 0.0166. The van der Waals surface area contributed by atoms with Gasteiger partial charge >= 0.3 is 12.1 Å². The summed E-state index contributed by atoms with van der Waals surface area (Å²) >= 11 is 0. The summed E-state index contributed by atoms with van der Waals surface area (Å²) in [7, 11) is 0. The molecule has 1 saturated carbocycles. The molecular formula is C12H18F3NO3. The van der Waals surface area contributed by atoms with Gasteiger partial charge in [-0.2, -0.15) is 13.2 Å². The molecule has 4 nitrogen and oxygen atoms in total. The van der Waals surface area contributed by atoms with Gasteiger partial charge in [0.1, 0.15) is 6.54 Å². The van der Waals surface area contributed by atoms with Gasteiger partial charge in [0.15, 0.2) is 0 Å². The number of aliphatic carboxylic acids is 1. The van der Waals surface area contributed by atoms with Crippen molar-refractivity contribution in [3.8, 4) is 0 Å². The van der Waals surface area contributed by atoms with Crippen LogP contribution in [0.2, 0.25) is 0 Å². The van der Waals surface area contributed by atoms with E-state index >= 15 is 0 Å². The van der Waals surface area contributed by atoms with Gasteiger partial charge in [0.05, 0.1) is 11.8 Å². The third kappa shape index (κ3) is 3.39. The van der Waals surface area contributed by atoms with Crippen LogP contribution in [0.25, 0.3) is 0 Å². The number of hydrogen-bond donors (Lipinski definition) is 1. The first-order chi connectivity index (χ1) is 8.52. The molecule has 1 rings (SSSR count). The zero-order valence-electron chi connectivity index (χ0n) is 11.1. The molecule has 1 fully saturated rings. The van der Waals surface area contributed by atoms with Gasteiger partial charge < -0.3 is 10.0 Å². The Morgan fingerprint density at radius 1 is 1.26 bits per heavy atom. The molecule has 1 aliphatic carbocycles. The van der Waals surface area contributed by atoms with Crippen LogP contribution in [0, 0.1) is 17.3 Å². The predicted octanol–water partition coefficient (Wildman–Crippen LogP) is 2.14. The van der Waals surface area contributed by atoms with E-state index in [4.69, 9.17) is 5.11 Å². The number of carboxylic acids is 1. The van der Waals surface area contributed by atoms with Crippen molar-refractivity contribution in [3.63, 3.8) is 0 Å². The smallest absolute Gasteiger partial charge is 0.406 e. The van der Waals surface area contributed by atoms with Gasteiger partial charge in [0, 0.05) is 6.54 Å². The fraction of sp³-hybridized carbons (Fsp3) is 0.833. The Balaban J connectivity index is 2.82. The number of rotatable bonds is 5. The van der Waals surface area contributed by atoms with Crippen LogP contribution in [0.15, 0.2) is 0 Å². The lowest BCUT2D eigenvalue weighted by Gasteiger charge is -2.24. The minimum Gasteiger partial charge on any atom is -0.481 e. The molecular weight excluding hydrogens is 263 g/mol. The summed E-state index contributed by atoms with van der Waals surface area (Å²) in [5, 5.41) is 8.96. The monoisotopic (exact) mass is 281 g/mol. The second-order valence-corrected chi connectivity index (χ2v) is 5.49. The minimum atomic E-state index is -4.47. The number of carbonyl (C=O) groups excluding carboxylic acids is 1. The molecule has 1 N–H and O–H groups in total. The van der Waals surface area contributed by atoms with Crippen LogP contribution in [-0.4, -0.2) is 41.1 Å². The lowest BCUT2D eigenvalue weighted by molar-refractivity contribution is -0.163. The normalized spacial score (nSPS) is 24.9. The molecule has 7 heteroatoms. The van der Waals surface area contributed by atoms with Crippen molar-refractivity contribution in [3.05, 3.63) is 0 Å². The summed E-state index contributed by atoms with van der Waals surface area (Å²) < 4.78 is 37.2. The van der Waals surface area contributed by atoms with Crippen LogP contribution in [0.1, 0.15) is 27.2 Å². The van der Waals surface area contributed by atoms with E-state index in [1.165, 1.54) is 0 Å². The van der Waals surface area contributed by atoms with E-state index in [1.54, 1.807) is 20.8 Å². The number of halogens is 3. The van der Waals surface area contributed by atoms with E-state index in [0.717, 1.165) is 4.90 Å². The number of amides is 1. The fourth-order valence-electron chi connectivity index (χ4n) is 2.51. The van der Waals surface area contributed by atoms with Gasteiger partial charge in [-0.3, -0.25) is 9.59 Å². The summed E-state index contributed by atoms with van der Waals surface area (Å²) in [6.45, 7) is 3.51. The summed E-state index contributed by atoms with van der Waals surface area (Å²) in [5.74, 6) is -3.60. The van der Waals surface area contributed by atoms with Crippen molar-refractivity contribution in [2.24, 2.45) is 17.3 Å². The van der Waals surface area contributed by atoms with Crippen LogP contribution in [0.5, 0.6) is 0 Å². The third-order valence-corrected chi connectivity index (χ3v) is 3.53. The summed E-state index contributed by atoms with van der Waals surface area (Å²) in [6.07, 6.45) is -4.07. The maximum atomic E-state index is 12.4. The van der Waals surface area contributed by atoms with Gasteiger partial charge in [0.25, 0.3) is 0 Å². The quantitative estimate of drug-likeness (QED) is 0.840. The lowest BCUT2D eigenvalue weighted by atomic mass is 10.1. The number of nitrogens with zero attached hydrogens (tertiary/aromatic N) is 1. The molecule has 0 radical (unpaired) electrons. The Hall–Kier alpha value is -1.27. The molecule has 0 unspecified atom stereocenters. The Morgan fingerprint density at radius 3 is 2.11 bits per heavy atom. The number of alkyl halides is 3. The van der Waals surface area contributed by atoms with Crippen LogP contribution in [-0.2, 0) is 9.59 Å². The molecule has 0 aromatic heterocycles. The first-order valence-corrected chi connectivity index (χ1v) is 6.10. The van der Waals surface area contributed by atoms with E-state index in [0.29, 0.717) is 6.42 Å². The Labute approximate surface area is 109 Å². The van der Waals surface area contributed by atoms with Crippen molar-refractivity contribution >= 4 is 11.9 Å². The van der Waals surface area contributed by atoms with E-state index in [-0.39, 0.29) is 6.54 Å². The predicted molar refractivity (Wildman–Crippen MR) is 61.3 cm³/mol. The Morgan fingerprint density at radius 2 is 1.79 bits per heavy atom. The van der Waals surface area contributed by atoms with Crippen molar-refractivity contribution in [1.82, 2.24) is 4.90 Å². The number of hydrogen-bond acceptors (Lipinski definition) is 2. The molecule has 110 valence electrons. The van der Waals surface area contributed by atoms with Crippen LogP contribution in [0.4, 0.5) is 13.2 Å². The highest BCUT2D eigenvalue weighted by atomic mass is 19.4. The summed E-state index contributed by atoms with van der Waals surface area (Å²) in [4.78, 5) is 23.7. The molecule has 0 aromatic carbocycles. The molecule has 1 aliphatic rings. The maximum absolute atomic E-state index is 12.4. The standard InChI is InChI=1S/C12H18F3NO3/c1-4-5-16(6-12(13,14)15)9(17)7-8(10(18)19)11(7,2)3/h7-8H,4-6H2,1-3H3,(H,18,19)/t7-,8+/m1/s1.